The fraction of sp³-hybridized carbons (Fsp3) is 0.500. The number of ether oxygens (including phenoxy) is 3. The largest absolute Gasteiger partial charge is 0.491 e. The third-order valence-electron chi connectivity index (χ3n) is 3.06. The second-order valence-electron chi connectivity index (χ2n) is 4.75. The van der Waals surface area contributed by atoms with E-state index in [2.05, 4.69) is 12.0 Å². The van der Waals surface area contributed by atoms with E-state index in [-0.39, 0.29) is 24.8 Å². The second kappa shape index (κ2) is 8.50. The van der Waals surface area contributed by atoms with Crippen LogP contribution in [0.5, 0.6) is 5.75 Å². The summed E-state index contributed by atoms with van der Waals surface area (Å²) < 4.78 is 29.4. The van der Waals surface area contributed by atoms with Crippen LogP contribution in [0.1, 0.15) is 25.7 Å². The molecule has 5 heteroatoms. The zero-order valence-corrected chi connectivity index (χ0v) is 11.8. The van der Waals surface area contributed by atoms with Gasteiger partial charge in [-0.1, -0.05) is 5.92 Å². The van der Waals surface area contributed by atoms with E-state index in [0.29, 0.717) is 18.8 Å². The molecule has 1 aliphatic rings. The Bertz CT molecular complexity index is 477. The summed E-state index contributed by atoms with van der Waals surface area (Å²) in [6.07, 6.45) is 5.18. The average Bonchev–Trinajstić information content (AvgIpc) is 2.52. The van der Waals surface area contributed by atoms with E-state index in [9.17, 15) is 4.39 Å². The fourth-order valence-corrected chi connectivity index (χ4v) is 2.01. The molecule has 0 unspecified atom stereocenters. The lowest BCUT2D eigenvalue weighted by atomic mass is 10.1. The first-order valence-electron chi connectivity index (χ1n) is 7.06. The van der Waals surface area contributed by atoms with Crippen LogP contribution in [0.3, 0.4) is 0 Å². The standard InChI is InChI=1S/C16H19FO4/c17-13-6-8-14(9-7-13)20-12-15-4-3-5-16(21-15)19-11-2-1-10-18/h6-9,15-16,18H,1,3-5,10,12H2/t15-,16-/m0/s1. The number of hydrogen-bond acceptors (Lipinski definition) is 4. The van der Waals surface area contributed by atoms with E-state index in [1.165, 1.54) is 12.1 Å². The third kappa shape index (κ3) is 5.62. The molecule has 1 aromatic rings. The van der Waals surface area contributed by atoms with Crippen molar-refractivity contribution in [1.29, 1.82) is 0 Å². The summed E-state index contributed by atoms with van der Waals surface area (Å²) in [5.74, 6) is 3.02. The van der Waals surface area contributed by atoms with Crippen molar-refractivity contribution in [3.8, 4) is 17.8 Å². The predicted molar refractivity (Wildman–Crippen MR) is 75.0 cm³/mol. The van der Waals surface area contributed by atoms with Gasteiger partial charge in [0.2, 0.25) is 6.29 Å². The first-order valence-corrected chi connectivity index (χ1v) is 7.06. The van der Waals surface area contributed by atoms with Crippen LogP contribution in [0.25, 0.3) is 0 Å². The molecule has 1 fully saturated rings. The highest BCUT2D eigenvalue weighted by molar-refractivity contribution is 5.22. The summed E-state index contributed by atoms with van der Waals surface area (Å²) in [7, 11) is 0. The number of halogens is 1. The quantitative estimate of drug-likeness (QED) is 0.848. The van der Waals surface area contributed by atoms with Gasteiger partial charge in [-0.05, 0) is 37.1 Å². The monoisotopic (exact) mass is 294 g/mol. The predicted octanol–water partition coefficient (Wildman–Crippen LogP) is 2.46. The van der Waals surface area contributed by atoms with E-state index < -0.39 is 0 Å². The van der Waals surface area contributed by atoms with Gasteiger partial charge in [0.1, 0.15) is 24.3 Å². The molecule has 21 heavy (non-hydrogen) atoms. The van der Waals surface area contributed by atoms with Gasteiger partial charge in [0.25, 0.3) is 0 Å². The van der Waals surface area contributed by atoms with Gasteiger partial charge < -0.3 is 19.3 Å². The highest BCUT2D eigenvalue weighted by Crippen LogP contribution is 2.21. The first-order chi connectivity index (χ1) is 10.3. The summed E-state index contributed by atoms with van der Waals surface area (Å²) in [6, 6.07) is 5.90. The van der Waals surface area contributed by atoms with Crippen LogP contribution < -0.4 is 4.74 Å². The smallest absolute Gasteiger partial charge is 0.210 e. The van der Waals surface area contributed by atoms with E-state index >= 15 is 0 Å². The van der Waals surface area contributed by atoms with Gasteiger partial charge in [0.05, 0.1) is 12.7 Å². The molecule has 0 bridgehead atoms. The van der Waals surface area contributed by atoms with Crippen molar-refractivity contribution in [2.45, 2.75) is 38.1 Å². The molecule has 1 saturated heterocycles. The number of benzene rings is 1. The first kappa shape index (κ1) is 15.6. The molecule has 0 spiro atoms. The fourth-order valence-electron chi connectivity index (χ4n) is 2.01. The minimum Gasteiger partial charge on any atom is -0.491 e. The molecule has 1 N–H and O–H groups in total. The topological polar surface area (TPSA) is 47.9 Å². The van der Waals surface area contributed by atoms with Gasteiger partial charge in [-0.25, -0.2) is 4.39 Å². The summed E-state index contributed by atoms with van der Waals surface area (Å²) in [6.45, 7) is 0.422. The van der Waals surface area contributed by atoms with E-state index in [0.717, 1.165) is 19.3 Å². The normalized spacial score (nSPS) is 21.2. The van der Waals surface area contributed by atoms with E-state index in [1.807, 2.05) is 0 Å². The maximum Gasteiger partial charge on any atom is 0.210 e. The molecule has 0 aliphatic carbocycles. The van der Waals surface area contributed by atoms with Gasteiger partial charge in [0, 0.05) is 12.8 Å². The molecule has 114 valence electrons. The van der Waals surface area contributed by atoms with E-state index in [1.54, 1.807) is 12.1 Å². The lowest BCUT2D eigenvalue weighted by Gasteiger charge is -2.28. The minimum absolute atomic E-state index is 0.0238. The van der Waals surface area contributed by atoms with E-state index in [4.69, 9.17) is 19.3 Å². The summed E-state index contributed by atoms with van der Waals surface area (Å²) in [4.78, 5) is 0. The van der Waals surface area contributed by atoms with Gasteiger partial charge in [-0.3, -0.25) is 0 Å². The van der Waals surface area contributed by atoms with Crippen molar-refractivity contribution < 1.29 is 23.7 Å². The molecular formula is C16H19FO4. The molecule has 0 amide bonds. The Hall–Kier alpha value is -1.77. The second-order valence-corrected chi connectivity index (χ2v) is 4.75. The summed E-state index contributed by atoms with van der Waals surface area (Å²) >= 11 is 0. The Kier molecular flexibility index (Phi) is 6.32. The lowest BCUT2D eigenvalue weighted by Crippen LogP contribution is -2.32. The number of aliphatic hydroxyl groups excluding tert-OH is 1. The Morgan fingerprint density at radius 3 is 2.86 bits per heavy atom. The maximum absolute atomic E-state index is 12.8. The highest BCUT2D eigenvalue weighted by atomic mass is 19.1. The van der Waals surface area contributed by atoms with Crippen molar-refractivity contribution in [2.75, 3.05) is 13.2 Å². The summed E-state index contributed by atoms with van der Waals surface area (Å²) in [5, 5.41) is 8.61. The summed E-state index contributed by atoms with van der Waals surface area (Å²) in [5.41, 5.74) is 0. The Morgan fingerprint density at radius 2 is 2.10 bits per heavy atom. The van der Waals surface area contributed by atoms with Crippen molar-refractivity contribution in [1.82, 2.24) is 0 Å². The lowest BCUT2D eigenvalue weighted by molar-refractivity contribution is -0.168. The number of rotatable bonds is 5. The molecule has 1 aliphatic heterocycles. The SMILES string of the molecule is OCCC#CO[C@@H]1CCC[C@@H](COc2ccc(F)cc2)O1. The maximum atomic E-state index is 12.8. The highest BCUT2D eigenvalue weighted by Gasteiger charge is 2.23. The van der Waals surface area contributed by atoms with Gasteiger partial charge in [-0.2, -0.15) is 0 Å². The van der Waals surface area contributed by atoms with Gasteiger partial charge >= 0.3 is 0 Å². The van der Waals surface area contributed by atoms with Crippen molar-refractivity contribution in [2.24, 2.45) is 0 Å². The molecule has 0 aromatic heterocycles. The van der Waals surface area contributed by atoms with Crippen LogP contribution in [-0.2, 0) is 9.47 Å². The zero-order valence-electron chi connectivity index (χ0n) is 11.8. The molecule has 2 atom stereocenters. The van der Waals surface area contributed by atoms with Gasteiger partial charge in [0.15, 0.2) is 0 Å². The third-order valence-corrected chi connectivity index (χ3v) is 3.06. The average molecular weight is 294 g/mol. The van der Waals surface area contributed by atoms with Crippen LogP contribution >= 0.6 is 0 Å². The minimum atomic E-state index is -0.355. The van der Waals surface area contributed by atoms with Crippen LogP contribution in [-0.4, -0.2) is 30.7 Å². The van der Waals surface area contributed by atoms with Crippen LogP contribution in [0.2, 0.25) is 0 Å². The molecule has 1 heterocycles. The van der Waals surface area contributed by atoms with Gasteiger partial charge in [-0.15, -0.1) is 0 Å². The Morgan fingerprint density at radius 1 is 1.29 bits per heavy atom. The molecule has 0 radical (unpaired) electrons. The zero-order chi connectivity index (χ0) is 14.9. The molecular weight excluding hydrogens is 275 g/mol. The van der Waals surface area contributed by atoms with Crippen molar-refractivity contribution in [3.05, 3.63) is 30.1 Å². The Labute approximate surface area is 123 Å². The number of aliphatic hydroxyl groups is 1. The Balaban J connectivity index is 1.73. The van der Waals surface area contributed by atoms with Crippen molar-refractivity contribution in [3.63, 3.8) is 0 Å². The van der Waals surface area contributed by atoms with Crippen molar-refractivity contribution >= 4 is 0 Å². The molecule has 0 saturated carbocycles. The van der Waals surface area contributed by atoms with Crippen LogP contribution in [0.4, 0.5) is 4.39 Å². The molecule has 4 nitrogen and oxygen atoms in total. The number of hydrogen-bond donors (Lipinski definition) is 1. The van der Waals surface area contributed by atoms with Crippen LogP contribution in [0.15, 0.2) is 24.3 Å². The molecule has 1 aromatic carbocycles. The van der Waals surface area contributed by atoms with Crippen LogP contribution in [0, 0.1) is 17.8 Å². The molecule has 2 rings (SSSR count).